The Morgan fingerprint density at radius 1 is 1.40 bits per heavy atom. The molecule has 1 N–H and O–H groups in total. The first kappa shape index (κ1) is 10.7. The summed E-state index contributed by atoms with van der Waals surface area (Å²) in [6, 6.07) is 6.07. The topological polar surface area (TPSA) is 32.3 Å². The maximum atomic E-state index is 11.8. The second kappa shape index (κ2) is 3.37. The number of anilines is 2. The molecule has 2 rings (SSSR count). The van der Waals surface area contributed by atoms with Crippen molar-refractivity contribution in [2.75, 3.05) is 17.3 Å². The van der Waals surface area contributed by atoms with Crippen LogP contribution < -0.4 is 10.2 Å². The Hall–Kier alpha value is -0.780. The van der Waals surface area contributed by atoms with E-state index in [1.165, 1.54) is 0 Å². The van der Waals surface area contributed by atoms with Crippen molar-refractivity contribution in [2.45, 2.75) is 19.4 Å². The summed E-state index contributed by atoms with van der Waals surface area (Å²) in [5.74, 6) is 0.0412. The second-order valence-electron chi connectivity index (χ2n) is 4.23. The van der Waals surface area contributed by atoms with Gasteiger partial charge in [-0.3, -0.25) is 4.79 Å². The average molecular weight is 316 g/mol. The Morgan fingerprint density at radius 2 is 2.07 bits per heavy atom. The number of hydrogen-bond acceptors (Lipinski definition) is 2. The van der Waals surface area contributed by atoms with E-state index >= 15 is 0 Å². The first-order chi connectivity index (χ1) is 6.93. The lowest BCUT2D eigenvalue weighted by molar-refractivity contribution is -0.120. The van der Waals surface area contributed by atoms with Gasteiger partial charge in [0.1, 0.15) is 5.54 Å². The van der Waals surface area contributed by atoms with Gasteiger partial charge in [0.15, 0.2) is 0 Å². The van der Waals surface area contributed by atoms with Crippen molar-refractivity contribution in [2.24, 2.45) is 0 Å². The molecule has 0 bridgehead atoms. The fourth-order valence-corrected chi connectivity index (χ4v) is 2.12. The Labute approximate surface area is 103 Å². The zero-order chi connectivity index (χ0) is 11.2. The number of hydrogen-bond donors (Lipinski definition) is 1. The van der Waals surface area contributed by atoms with Crippen molar-refractivity contribution < 1.29 is 4.79 Å². The van der Waals surface area contributed by atoms with Crippen LogP contribution in [0.1, 0.15) is 13.8 Å². The van der Waals surface area contributed by atoms with Gasteiger partial charge in [0.2, 0.25) is 5.91 Å². The minimum absolute atomic E-state index is 0.0412. The van der Waals surface area contributed by atoms with Crippen LogP contribution in [0.3, 0.4) is 0 Å². The number of fused-ring (bicyclic) bond motifs is 1. The van der Waals surface area contributed by atoms with Gasteiger partial charge in [-0.15, -0.1) is 0 Å². The lowest BCUT2D eigenvalue weighted by Gasteiger charge is -2.41. The fraction of sp³-hybridized carbons (Fsp3) is 0.364. The van der Waals surface area contributed by atoms with Gasteiger partial charge >= 0.3 is 0 Å². The molecule has 1 aromatic rings. The molecule has 0 unspecified atom stereocenters. The predicted octanol–water partition coefficient (Wildman–Crippen LogP) is 2.46. The number of likely N-dealkylation sites (N-methyl/N-ethyl adjacent to an activating group) is 1. The van der Waals surface area contributed by atoms with E-state index in [1.807, 2.05) is 44.0 Å². The van der Waals surface area contributed by atoms with E-state index < -0.39 is 5.54 Å². The summed E-state index contributed by atoms with van der Waals surface area (Å²) in [5, 5.41) is 2.94. The normalized spacial score (nSPS) is 18.4. The van der Waals surface area contributed by atoms with Gasteiger partial charge < -0.3 is 10.2 Å². The number of halogens is 1. The summed E-state index contributed by atoms with van der Waals surface area (Å²) in [4.78, 5) is 13.9. The summed E-state index contributed by atoms with van der Waals surface area (Å²) in [6.07, 6.45) is 0. The van der Waals surface area contributed by atoms with E-state index in [-0.39, 0.29) is 5.91 Å². The van der Waals surface area contributed by atoms with Gasteiger partial charge in [-0.05, 0) is 54.6 Å². The van der Waals surface area contributed by atoms with Crippen molar-refractivity contribution >= 4 is 39.9 Å². The highest BCUT2D eigenvalue weighted by Crippen LogP contribution is 2.36. The molecule has 1 aliphatic rings. The highest BCUT2D eigenvalue weighted by Gasteiger charge is 2.37. The molecule has 1 aromatic carbocycles. The van der Waals surface area contributed by atoms with Crippen LogP contribution in [-0.4, -0.2) is 18.5 Å². The molecule has 0 saturated heterocycles. The summed E-state index contributed by atoms with van der Waals surface area (Å²) in [5.41, 5.74) is 1.48. The largest absolute Gasteiger partial charge is 0.359 e. The number of carbonyl (C=O) groups excluding carboxylic acids is 1. The summed E-state index contributed by atoms with van der Waals surface area (Å²) in [6.45, 7) is 3.84. The van der Waals surface area contributed by atoms with Crippen LogP contribution in [0.4, 0.5) is 11.4 Å². The van der Waals surface area contributed by atoms with Crippen molar-refractivity contribution in [1.82, 2.24) is 0 Å². The number of rotatable bonds is 0. The Bertz CT molecular complexity index is 429. The Kier molecular flexibility index (Phi) is 2.41. The number of carbonyl (C=O) groups is 1. The van der Waals surface area contributed by atoms with E-state index in [1.54, 1.807) is 0 Å². The molecular formula is C11H13IN2O. The lowest BCUT2D eigenvalue weighted by atomic mass is 9.97. The van der Waals surface area contributed by atoms with Crippen molar-refractivity contribution in [3.05, 3.63) is 21.8 Å². The third-order valence-electron chi connectivity index (χ3n) is 2.96. The van der Waals surface area contributed by atoms with Crippen LogP contribution in [-0.2, 0) is 4.79 Å². The molecule has 1 heterocycles. The molecule has 0 aromatic heterocycles. The minimum Gasteiger partial charge on any atom is -0.359 e. The fourth-order valence-electron chi connectivity index (χ4n) is 1.63. The van der Waals surface area contributed by atoms with Gasteiger partial charge in [-0.25, -0.2) is 0 Å². The smallest absolute Gasteiger partial charge is 0.249 e. The van der Waals surface area contributed by atoms with Crippen LogP contribution in [0.25, 0.3) is 0 Å². The number of amides is 1. The first-order valence-electron chi connectivity index (χ1n) is 4.78. The van der Waals surface area contributed by atoms with Crippen LogP contribution in [0, 0.1) is 3.57 Å². The third-order valence-corrected chi connectivity index (χ3v) is 3.63. The first-order valence-corrected chi connectivity index (χ1v) is 5.85. The SMILES string of the molecule is CN1c2ccc(I)cc2NC(=O)C1(C)C. The lowest BCUT2D eigenvalue weighted by Crippen LogP contribution is -2.54. The average Bonchev–Trinajstić information content (AvgIpc) is 2.15. The van der Waals surface area contributed by atoms with Crippen LogP contribution >= 0.6 is 22.6 Å². The molecule has 15 heavy (non-hydrogen) atoms. The summed E-state index contributed by atoms with van der Waals surface area (Å²) in [7, 11) is 1.95. The molecule has 3 nitrogen and oxygen atoms in total. The van der Waals surface area contributed by atoms with E-state index in [0.717, 1.165) is 14.9 Å². The van der Waals surface area contributed by atoms with Crippen molar-refractivity contribution in [1.29, 1.82) is 0 Å². The second-order valence-corrected chi connectivity index (χ2v) is 5.48. The van der Waals surface area contributed by atoms with Gasteiger partial charge in [-0.2, -0.15) is 0 Å². The monoisotopic (exact) mass is 316 g/mol. The maximum absolute atomic E-state index is 11.8. The third kappa shape index (κ3) is 1.60. The van der Waals surface area contributed by atoms with E-state index in [0.29, 0.717) is 0 Å². The molecule has 1 amide bonds. The molecule has 0 spiro atoms. The quantitative estimate of drug-likeness (QED) is 0.746. The van der Waals surface area contributed by atoms with Crippen LogP contribution in [0.2, 0.25) is 0 Å². The molecule has 1 aliphatic heterocycles. The highest BCUT2D eigenvalue weighted by atomic mass is 127. The molecular weight excluding hydrogens is 303 g/mol. The van der Waals surface area contributed by atoms with Gasteiger partial charge in [0.25, 0.3) is 0 Å². The molecule has 0 radical (unpaired) electrons. The van der Waals surface area contributed by atoms with Gasteiger partial charge in [0.05, 0.1) is 11.4 Å². The minimum atomic E-state index is -0.486. The maximum Gasteiger partial charge on any atom is 0.249 e. The van der Waals surface area contributed by atoms with Gasteiger partial charge in [0, 0.05) is 10.6 Å². The number of nitrogens with zero attached hydrogens (tertiary/aromatic N) is 1. The zero-order valence-corrected chi connectivity index (χ0v) is 11.1. The number of nitrogens with one attached hydrogen (secondary N) is 1. The van der Waals surface area contributed by atoms with Crippen LogP contribution in [0.15, 0.2) is 18.2 Å². The predicted molar refractivity (Wildman–Crippen MR) is 70.3 cm³/mol. The van der Waals surface area contributed by atoms with Crippen molar-refractivity contribution in [3.63, 3.8) is 0 Å². The standard InChI is InChI=1S/C11H13IN2O/c1-11(2)10(15)13-8-6-7(12)4-5-9(8)14(11)3/h4-6H,1-3H3,(H,13,15). The Morgan fingerprint density at radius 3 is 2.73 bits per heavy atom. The zero-order valence-electron chi connectivity index (χ0n) is 8.97. The summed E-state index contributed by atoms with van der Waals surface area (Å²) < 4.78 is 1.12. The number of benzene rings is 1. The van der Waals surface area contributed by atoms with E-state index in [9.17, 15) is 4.79 Å². The van der Waals surface area contributed by atoms with Gasteiger partial charge in [-0.1, -0.05) is 0 Å². The highest BCUT2D eigenvalue weighted by molar-refractivity contribution is 14.1. The Balaban J connectivity index is 2.55. The van der Waals surface area contributed by atoms with Crippen molar-refractivity contribution in [3.8, 4) is 0 Å². The molecule has 0 atom stereocenters. The van der Waals surface area contributed by atoms with Crippen LogP contribution in [0.5, 0.6) is 0 Å². The molecule has 0 aliphatic carbocycles. The summed E-state index contributed by atoms with van der Waals surface area (Å²) >= 11 is 2.24. The molecule has 0 fully saturated rings. The molecule has 4 heteroatoms. The van der Waals surface area contributed by atoms with E-state index in [2.05, 4.69) is 27.9 Å². The molecule has 80 valence electrons. The molecule has 0 saturated carbocycles. The van der Waals surface area contributed by atoms with E-state index in [4.69, 9.17) is 0 Å².